The third-order valence-corrected chi connectivity index (χ3v) is 4.74. The maximum atomic E-state index is 14.6. The van der Waals surface area contributed by atoms with Crippen molar-refractivity contribution in [2.45, 2.75) is 32.4 Å². The Labute approximate surface area is 188 Å². The SMILES string of the molecule is CC[C@H](NC(=O)O)[C@@H](C)Nc1nc(Nc2cnc(OC)c(-n3nccn3)c2)c(C#N)cc1F. The first-order valence-corrected chi connectivity index (χ1v) is 9.90. The number of amides is 1. The summed E-state index contributed by atoms with van der Waals surface area (Å²) in [5.41, 5.74) is 0.832. The van der Waals surface area contributed by atoms with E-state index < -0.39 is 24.0 Å². The molecule has 12 nitrogen and oxygen atoms in total. The van der Waals surface area contributed by atoms with Gasteiger partial charge < -0.3 is 25.8 Å². The Morgan fingerprint density at radius 1 is 1.33 bits per heavy atom. The lowest BCUT2D eigenvalue weighted by atomic mass is 10.1. The molecule has 3 aromatic rings. The smallest absolute Gasteiger partial charge is 0.404 e. The first-order chi connectivity index (χ1) is 15.9. The van der Waals surface area contributed by atoms with Crippen molar-refractivity contribution < 1.29 is 19.0 Å². The minimum atomic E-state index is -1.18. The molecule has 3 heterocycles. The first kappa shape index (κ1) is 23.2. The zero-order valence-corrected chi connectivity index (χ0v) is 18.1. The predicted octanol–water partition coefficient (Wildman–Crippen LogP) is 2.67. The lowest BCUT2D eigenvalue weighted by Gasteiger charge is -2.24. The van der Waals surface area contributed by atoms with Gasteiger partial charge in [0.15, 0.2) is 17.5 Å². The van der Waals surface area contributed by atoms with Gasteiger partial charge in [-0.15, -0.1) is 4.80 Å². The molecule has 0 saturated carbocycles. The molecule has 1 amide bonds. The minimum absolute atomic E-state index is 0.0315. The molecular weight excluding hydrogens is 433 g/mol. The van der Waals surface area contributed by atoms with E-state index >= 15 is 0 Å². The van der Waals surface area contributed by atoms with E-state index in [1.165, 1.54) is 30.5 Å². The number of ether oxygens (including phenoxy) is 1. The number of hydrogen-bond donors (Lipinski definition) is 4. The molecule has 0 fully saturated rings. The van der Waals surface area contributed by atoms with Crippen molar-refractivity contribution in [3.8, 4) is 17.6 Å². The molecule has 0 aliphatic carbocycles. The van der Waals surface area contributed by atoms with Crippen molar-refractivity contribution in [3.63, 3.8) is 0 Å². The Bertz CT molecular complexity index is 1160. The number of hydrogen-bond acceptors (Lipinski definition) is 9. The van der Waals surface area contributed by atoms with Crippen molar-refractivity contribution in [1.29, 1.82) is 5.26 Å². The second-order valence-electron chi connectivity index (χ2n) is 6.92. The fourth-order valence-corrected chi connectivity index (χ4v) is 3.11. The molecule has 33 heavy (non-hydrogen) atoms. The summed E-state index contributed by atoms with van der Waals surface area (Å²) in [6, 6.07) is 3.63. The number of nitrogens with one attached hydrogen (secondary N) is 3. The van der Waals surface area contributed by atoms with Gasteiger partial charge in [0, 0.05) is 6.04 Å². The van der Waals surface area contributed by atoms with Crippen LogP contribution in [0.4, 0.5) is 26.5 Å². The van der Waals surface area contributed by atoms with Gasteiger partial charge in [-0.25, -0.2) is 19.2 Å². The van der Waals surface area contributed by atoms with Gasteiger partial charge >= 0.3 is 6.09 Å². The number of nitriles is 1. The van der Waals surface area contributed by atoms with Crippen LogP contribution in [0.1, 0.15) is 25.8 Å². The number of halogens is 1. The largest absolute Gasteiger partial charge is 0.479 e. The van der Waals surface area contributed by atoms with Crippen LogP contribution in [0.5, 0.6) is 5.88 Å². The summed E-state index contributed by atoms with van der Waals surface area (Å²) in [4.78, 5) is 20.7. The topological polar surface area (TPSA) is 163 Å². The molecular formula is C20H22FN9O3. The Morgan fingerprint density at radius 2 is 2.06 bits per heavy atom. The van der Waals surface area contributed by atoms with Crippen molar-refractivity contribution in [2.24, 2.45) is 0 Å². The average Bonchev–Trinajstić information content (AvgIpc) is 3.34. The maximum absolute atomic E-state index is 14.6. The monoisotopic (exact) mass is 455 g/mol. The fraction of sp³-hybridized carbons (Fsp3) is 0.300. The predicted molar refractivity (Wildman–Crippen MR) is 116 cm³/mol. The van der Waals surface area contributed by atoms with E-state index in [9.17, 15) is 14.4 Å². The van der Waals surface area contributed by atoms with E-state index in [2.05, 4.69) is 36.1 Å². The summed E-state index contributed by atoms with van der Waals surface area (Å²) in [6.45, 7) is 3.50. The molecule has 0 aliphatic rings. The van der Waals surface area contributed by atoms with E-state index in [0.29, 0.717) is 17.8 Å². The molecule has 0 saturated heterocycles. The van der Waals surface area contributed by atoms with Gasteiger partial charge in [0.2, 0.25) is 5.88 Å². The van der Waals surface area contributed by atoms with Gasteiger partial charge in [-0.05, 0) is 25.5 Å². The summed E-state index contributed by atoms with van der Waals surface area (Å²) < 4.78 is 19.8. The number of carboxylic acid groups (broad SMARTS) is 1. The summed E-state index contributed by atoms with van der Waals surface area (Å²) in [5.74, 6) is -0.523. The molecule has 3 aromatic heterocycles. The summed E-state index contributed by atoms with van der Waals surface area (Å²) in [6.07, 6.45) is 3.75. The summed E-state index contributed by atoms with van der Waals surface area (Å²) in [7, 11) is 1.46. The van der Waals surface area contributed by atoms with Crippen LogP contribution in [0.2, 0.25) is 0 Å². The highest BCUT2D eigenvalue weighted by molar-refractivity contribution is 5.67. The quantitative estimate of drug-likeness (QED) is 0.377. The van der Waals surface area contributed by atoms with E-state index in [1.54, 1.807) is 19.9 Å². The maximum Gasteiger partial charge on any atom is 0.404 e. The molecule has 3 rings (SSSR count). The van der Waals surface area contributed by atoms with Crippen LogP contribution in [0.3, 0.4) is 0 Å². The first-order valence-electron chi connectivity index (χ1n) is 9.90. The molecule has 2 atom stereocenters. The molecule has 172 valence electrons. The average molecular weight is 455 g/mol. The van der Waals surface area contributed by atoms with E-state index in [1.807, 2.05) is 6.07 Å². The second-order valence-corrected chi connectivity index (χ2v) is 6.92. The van der Waals surface area contributed by atoms with Crippen LogP contribution in [-0.2, 0) is 0 Å². The van der Waals surface area contributed by atoms with E-state index in [-0.39, 0.29) is 23.1 Å². The lowest BCUT2D eigenvalue weighted by Crippen LogP contribution is -2.44. The highest BCUT2D eigenvalue weighted by Crippen LogP contribution is 2.27. The van der Waals surface area contributed by atoms with Crippen molar-refractivity contribution >= 4 is 23.4 Å². The number of anilines is 3. The number of nitrogens with zero attached hydrogens (tertiary/aromatic N) is 6. The van der Waals surface area contributed by atoms with Gasteiger partial charge in [0.25, 0.3) is 0 Å². The third kappa shape index (κ3) is 5.42. The van der Waals surface area contributed by atoms with Crippen LogP contribution in [0, 0.1) is 17.1 Å². The Hall–Kier alpha value is -4.47. The van der Waals surface area contributed by atoms with Crippen LogP contribution < -0.4 is 20.7 Å². The van der Waals surface area contributed by atoms with Crippen LogP contribution in [-0.4, -0.2) is 55.4 Å². The minimum Gasteiger partial charge on any atom is -0.479 e. The summed E-state index contributed by atoms with van der Waals surface area (Å²) in [5, 5.41) is 34.8. The molecule has 0 spiro atoms. The van der Waals surface area contributed by atoms with E-state index in [0.717, 1.165) is 6.07 Å². The van der Waals surface area contributed by atoms with Gasteiger partial charge in [-0.1, -0.05) is 6.92 Å². The van der Waals surface area contributed by atoms with Crippen molar-refractivity contribution in [2.75, 3.05) is 17.7 Å². The molecule has 4 N–H and O–H groups in total. The molecule has 13 heteroatoms. The number of methoxy groups -OCH3 is 1. The molecule has 0 aliphatic heterocycles. The standard InChI is InChI=1S/C20H22FN9O3/c1-4-15(28-20(31)32)11(2)26-18-14(21)7-12(9-22)17(29-18)27-13-8-16(19(33-3)23-10-13)30-24-5-6-25-30/h5-8,10-11,15,28H,4H2,1-3H3,(H,31,32)(H2,26,27,29)/t11-,15+/m1/s1. The van der Waals surface area contributed by atoms with Gasteiger partial charge in [-0.3, -0.25) is 0 Å². The zero-order chi connectivity index (χ0) is 24.0. The highest BCUT2D eigenvalue weighted by Gasteiger charge is 2.21. The van der Waals surface area contributed by atoms with Crippen LogP contribution in [0.25, 0.3) is 5.69 Å². The fourth-order valence-electron chi connectivity index (χ4n) is 3.11. The Kier molecular flexibility index (Phi) is 7.19. The molecule has 0 radical (unpaired) electrons. The second kappa shape index (κ2) is 10.2. The Morgan fingerprint density at radius 3 is 2.67 bits per heavy atom. The third-order valence-electron chi connectivity index (χ3n) is 4.74. The molecule has 0 bridgehead atoms. The number of aromatic nitrogens is 5. The molecule has 0 aromatic carbocycles. The number of rotatable bonds is 9. The van der Waals surface area contributed by atoms with E-state index in [4.69, 9.17) is 9.84 Å². The van der Waals surface area contributed by atoms with Crippen molar-refractivity contribution in [1.82, 2.24) is 30.3 Å². The van der Waals surface area contributed by atoms with Gasteiger partial charge in [-0.2, -0.15) is 15.5 Å². The van der Waals surface area contributed by atoms with Crippen LogP contribution >= 0.6 is 0 Å². The van der Waals surface area contributed by atoms with Gasteiger partial charge in [0.1, 0.15) is 11.8 Å². The van der Waals surface area contributed by atoms with Crippen LogP contribution in [0.15, 0.2) is 30.7 Å². The number of pyridine rings is 2. The zero-order valence-electron chi connectivity index (χ0n) is 18.1. The highest BCUT2D eigenvalue weighted by atomic mass is 19.1. The lowest BCUT2D eigenvalue weighted by molar-refractivity contribution is 0.188. The number of carbonyl (C=O) groups is 1. The Balaban J connectivity index is 1.92. The molecule has 0 unspecified atom stereocenters. The van der Waals surface area contributed by atoms with Gasteiger partial charge in [0.05, 0.1) is 43.0 Å². The normalized spacial score (nSPS) is 12.3. The van der Waals surface area contributed by atoms with Crippen molar-refractivity contribution in [3.05, 3.63) is 42.1 Å². The summed E-state index contributed by atoms with van der Waals surface area (Å²) >= 11 is 0.